The van der Waals surface area contributed by atoms with Gasteiger partial charge < -0.3 is 14.0 Å². The summed E-state index contributed by atoms with van der Waals surface area (Å²) in [4.78, 5) is 11.8. The summed E-state index contributed by atoms with van der Waals surface area (Å²) in [7, 11) is -4.51. The first kappa shape index (κ1) is 18.9. The molecule has 0 N–H and O–H groups in total. The average molecular weight is 485 g/mol. The van der Waals surface area contributed by atoms with Crippen LogP contribution in [0.1, 0.15) is 21.5 Å². The molecule has 0 unspecified atom stereocenters. The summed E-state index contributed by atoms with van der Waals surface area (Å²) >= 11 is 1.76. The Morgan fingerprint density at radius 3 is 2.69 bits per heavy atom. The Labute approximate surface area is 164 Å². The molecule has 0 spiro atoms. The molecule has 2 aromatic carbocycles. The lowest BCUT2D eigenvalue weighted by molar-refractivity contribution is 0.0450. The monoisotopic (exact) mass is 485 g/mol. The van der Waals surface area contributed by atoms with E-state index in [1.807, 2.05) is 24.3 Å². The number of allylic oxidation sites excluding steroid dienone is 1. The molecule has 6 nitrogen and oxygen atoms in total. The van der Waals surface area contributed by atoms with Crippen molar-refractivity contribution in [2.24, 2.45) is 0 Å². The third-order valence-corrected chi connectivity index (χ3v) is 5.92. The van der Waals surface area contributed by atoms with Crippen LogP contribution in [0, 0.1) is 3.57 Å². The molecule has 1 aliphatic carbocycles. The Morgan fingerprint density at radius 2 is 1.96 bits per heavy atom. The molecule has 3 rings (SSSR count). The van der Waals surface area contributed by atoms with E-state index in [-0.39, 0.29) is 21.7 Å². The van der Waals surface area contributed by atoms with Gasteiger partial charge in [-0.25, -0.2) is 13.2 Å². The molecule has 0 aliphatic heterocycles. The molecule has 0 atom stereocenters. The highest BCUT2D eigenvalue weighted by atomic mass is 127. The van der Waals surface area contributed by atoms with Crippen molar-refractivity contribution in [3.05, 3.63) is 62.7 Å². The van der Waals surface area contributed by atoms with Crippen LogP contribution < -0.4 is 4.74 Å². The topological polar surface area (TPSA) is 92.7 Å². The second-order valence-corrected chi connectivity index (χ2v) is 8.06. The van der Waals surface area contributed by atoms with Crippen LogP contribution in [0.15, 0.2) is 47.4 Å². The molecule has 8 heteroatoms. The molecule has 0 fully saturated rings. The number of rotatable bonds is 6. The number of benzene rings is 2. The van der Waals surface area contributed by atoms with E-state index in [0.29, 0.717) is 11.3 Å². The van der Waals surface area contributed by atoms with Crippen molar-refractivity contribution in [1.82, 2.24) is 0 Å². The van der Waals surface area contributed by atoms with E-state index in [0.717, 1.165) is 17.5 Å². The molecular weight excluding hydrogens is 471 g/mol. The predicted octanol–water partition coefficient (Wildman–Crippen LogP) is 3.00. The lowest BCUT2D eigenvalue weighted by Gasteiger charge is -2.12. The van der Waals surface area contributed by atoms with Gasteiger partial charge in [-0.1, -0.05) is 18.2 Å². The van der Waals surface area contributed by atoms with Gasteiger partial charge >= 0.3 is 5.97 Å². The van der Waals surface area contributed by atoms with Gasteiger partial charge in [-0.3, -0.25) is 0 Å². The SMILES string of the molecule is O=C(OCCOc1ccc(S(=O)(=O)[O-])c(I)c1)c1ccc2c(c1)CC=C2. The molecule has 0 heterocycles. The molecule has 1 aliphatic rings. The van der Waals surface area contributed by atoms with Crippen LogP contribution in [-0.4, -0.2) is 32.2 Å². The van der Waals surface area contributed by atoms with E-state index in [1.54, 1.807) is 28.7 Å². The first-order chi connectivity index (χ1) is 12.3. The summed E-state index contributed by atoms with van der Waals surface area (Å²) in [5, 5.41) is 0. The Balaban J connectivity index is 1.51. The molecule has 0 amide bonds. The first-order valence-corrected chi connectivity index (χ1v) is 10.2. The zero-order valence-corrected chi connectivity index (χ0v) is 16.4. The van der Waals surface area contributed by atoms with Crippen molar-refractivity contribution in [1.29, 1.82) is 0 Å². The maximum absolute atomic E-state index is 12.1. The van der Waals surface area contributed by atoms with E-state index >= 15 is 0 Å². The molecule has 136 valence electrons. The summed E-state index contributed by atoms with van der Waals surface area (Å²) in [6.07, 6.45) is 4.87. The Hall–Kier alpha value is -1.91. The van der Waals surface area contributed by atoms with E-state index < -0.39 is 16.1 Å². The average Bonchev–Trinajstić information content (AvgIpc) is 3.05. The minimum absolute atomic E-state index is 0.0480. The summed E-state index contributed by atoms with van der Waals surface area (Å²) in [6.45, 7) is 0.157. The second kappa shape index (κ2) is 7.77. The minimum atomic E-state index is -4.51. The fraction of sp³-hybridized carbons (Fsp3) is 0.167. The quantitative estimate of drug-likeness (QED) is 0.271. The molecule has 26 heavy (non-hydrogen) atoms. The van der Waals surface area contributed by atoms with Gasteiger partial charge in [0, 0.05) is 3.57 Å². The number of ether oxygens (including phenoxy) is 2. The second-order valence-electron chi connectivity index (χ2n) is 5.55. The lowest BCUT2D eigenvalue weighted by Crippen LogP contribution is -2.13. The number of hydrogen-bond donors (Lipinski definition) is 0. The molecule has 0 bridgehead atoms. The third kappa shape index (κ3) is 4.43. The van der Waals surface area contributed by atoms with Crippen molar-refractivity contribution in [3.8, 4) is 5.75 Å². The molecule has 0 aromatic heterocycles. The summed E-state index contributed by atoms with van der Waals surface area (Å²) in [6, 6.07) is 9.47. The van der Waals surface area contributed by atoms with Gasteiger partial charge in [0.2, 0.25) is 0 Å². The van der Waals surface area contributed by atoms with Gasteiger partial charge in [-0.05, 0) is 70.5 Å². The highest BCUT2D eigenvalue weighted by molar-refractivity contribution is 14.1. The maximum Gasteiger partial charge on any atom is 0.338 e. The summed E-state index contributed by atoms with van der Waals surface area (Å²) < 4.78 is 44.0. The van der Waals surface area contributed by atoms with E-state index in [1.165, 1.54) is 18.2 Å². The van der Waals surface area contributed by atoms with E-state index in [9.17, 15) is 17.8 Å². The Morgan fingerprint density at radius 1 is 1.15 bits per heavy atom. The standard InChI is InChI=1S/C18H15IO6S/c19-16-11-15(6-7-17(16)26(21,22)23)24-8-9-25-18(20)14-5-4-12-2-1-3-13(12)10-14/h1-2,4-7,10-11H,3,8-9H2,(H,21,22,23)/p-1. The fourth-order valence-corrected chi connectivity index (χ4v) is 4.36. The maximum atomic E-state index is 12.1. The Kier molecular flexibility index (Phi) is 5.64. The van der Waals surface area contributed by atoms with Crippen LogP contribution in [0.5, 0.6) is 5.75 Å². The highest BCUT2D eigenvalue weighted by Crippen LogP contribution is 2.23. The first-order valence-electron chi connectivity index (χ1n) is 7.69. The van der Waals surface area contributed by atoms with Crippen LogP contribution in [0.25, 0.3) is 6.08 Å². The van der Waals surface area contributed by atoms with Crippen molar-refractivity contribution >= 4 is 44.8 Å². The van der Waals surface area contributed by atoms with Gasteiger partial charge in [0.25, 0.3) is 0 Å². The number of esters is 1. The minimum Gasteiger partial charge on any atom is -0.744 e. The van der Waals surface area contributed by atoms with Gasteiger partial charge in [0.1, 0.15) is 29.1 Å². The van der Waals surface area contributed by atoms with Crippen molar-refractivity contribution < 1.29 is 27.2 Å². The highest BCUT2D eigenvalue weighted by Gasteiger charge is 2.12. The largest absolute Gasteiger partial charge is 0.744 e. The molecule has 0 saturated heterocycles. The van der Waals surface area contributed by atoms with Crippen LogP contribution in [0.2, 0.25) is 0 Å². The number of fused-ring (bicyclic) bond motifs is 1. The van der Waals surface area contributed by atoms with E-state index in [2.05, 4.69) is 0 Å². The summed E-state index contributed by atoms with van der Waals surface area (Å²) in [5.74, 6) is -0.0351. The Bertz CT molecular complexity index is 981. The van der Waals surface area contributed by atoms with Gasteiger partial charge in [-0.15, -0.1) is 0 Å². The molecular formula is C18H14IO6S-. The van der Waals surface area contributed by atoms with Crippen molar-refractivity contribution in [3.63, 3.8) is 0 Å². The summed E-state index contributed by atoms with van der Waals surface area (Å²) in [5.41, 5.74) is 2.70. The normalized spacial score (nSPS) is 12.7. The number of hydrogen-bond acceptors (Lipinski definition) is 6. The van der Waals surface area contributed by atoms with Crippen molar-refractivity contribution in [2.45, 2.75) is 11.3 Å². The van der Waals surface area contributed by atoms with Crippen LogP contribution in [0.4, 0.5) is 0 Å². The number of carbonyl (C=O) groups excluding carboxylic acids is 1. The zero-order valence-electron chi connectivity index (χ0n) is 13.5. The number of halogens is 1. The van der Waals surface area contributed by atoms with Crippen LogP contribution in [0.3, 0.4) is 0 Å². The van der Waals surface area contributed by atoms with Gasteiger partial charge in [0.15, 0.2) is 0 Å². The van der Waals surface area contributed by atoms with Gasteiger partial charge in [0.05, 0.1) is 10.5 Å². The van der Waals surface area contributed by atoms with Gasteiger partial charge in [-0.2, -0.15) is 0 Å². The third-order valence-electron chi connectivity index (χ3n) is 3.77. The van der Waals surface area contributed by atoms with Crippen molar-refractivity contribution in [2.75, 3.05) is 13.2 Å². The lowest BCUT2D eigenvalue weighted by atomic mass is 10.1. The smallest absolute Gasteiger partial charge is 0.338 e. The number of carbonyl (C=O) groups is 1. The fourth-order valence-electron chi connectivity index (χ4n) is 2.54. The predicted molar refractivity (Wildman–Crippen MR) is 102 cm³/mol. The van der Waals surface area contributed by atoms with Crippen LogP contribution >= 0.6 is 22.6 Å². The zero-order chi connectivity index (χ0) is 18.7. The van der Waals surface area contributed by atoms with Crippen LogP contribution in [-0.2, 0) is 21.3 Å². The molecule has 0 saturated carbocycles. The molecule has 0 radical (unpaired) electrons. The molecule has 2 aromatic rings. The van der Waals surface area contributed by atoms with E-state index in [4.69, 9.17) is 9.47 Å².